The molecule has 0 radical (unpaired) electrons. The van der Waals surface area contributed by atoms with Crippen LogP contribution in [0.2, 0.25) is 0 Å². The van der Waals surface area contributed by atoms with Crippen LogP contribution in [0.3, 0.4) is 0 Å². The van der Waals surface area contributed by atoms with E-state index in [9.17, 15) is 5.11 Å². The van der Waals surface area contributed by atoms with Gasteiger partial charge in [0.2, 0.25) is 0 Å². The highest BCUT2D eigenvalue weighted by Gasteiger charge is 2.51. The number of hydrogen-bond donors (Lipinski definition) is 2. The van der Waals surface area contributed by atoms with Crippen molar-refractivity contribution in [2.24, 2.45) is 5.92 Å². The van der Waals surface area contributed by atoms with Crippen molar-refractivity contribution >= 4 is 0 Å². The molecule has 2 N–H and O–H groups in total. The van der Waals surface area contributed by atoms with E-state index < -0.39 is 5.60 Å². The highest BCUT2D eigenvalue weighted by atomic mass is 16.3. The van der Waals surface area contributed by atoms with Gasteiger partial charge in [-0.2, -0.15) is 5.10 Å². The summed E-state index contributed by atoms with van der Waals surface area (Å²) in [5.41, 5.74) is 4.96. The average Bonchev–Trinajstić information content (AvgIpc) is 2.92. The average molecular weight is 338 g/mol. The quantitative estimate of drug-likeness (QED) is 0.867. The van der Waals surface area contributed by atoms with Crippen LogP contribution in [0.4, 0.5) is 0 Å². The number of aromatic amines is 1. The molecule has 1 aromatic heterocycles. The third kappa shape index (κ3) is 2.83. The van der Waals surface area contributed by atoms with E-state index in [1.807, 2.05) is 0 Å². The molecular formula is C22H30N2O. The van der Waals surface area contributed by atoms with Gasteiger partial charge >= 0.3 is 0 Å². The predicted octanol–water partition coefficient (Wildman–Crippen LogP) is 4.48. The van der Waals surface area contributed by atoms with Crippen molar-refractivity contribution in [3.63, 3.8) is 0 Å². The summed E-state index contributed by atoms with van der Waals surface area (Å²) < 4.78 is 0. The van der Waals surface area contributed by atoms with Gasteiger partial charge in [-0.05, 0) is 75.3 Å². The number of aromatic nitrogens is 2. The molecule has 2 aromatic rings. The monoisotopic (exact) mass is 338 g/mol. The molecule has 0 unspecified atom stereocenters. The number of aliphatic hydroxyl groups is 1. The van der Waals surface area contributed by atoms with E-state index in [2.05, 4.69) is 49.3 Å². The lowest BCUT2D eigenvalue weighted by Gasteiger charge is -2.49. The third-order valence-electron chi connectivity index (χ3n) is 6.99. The summed E-state index contributed by atoms with van der Waals surface area (Å²) in [7, 11) is 0. The number of fused-ring (bicyclic) bond motifs is 3. The molecule has 3 heteroatoms. The Morgan fingerprint density at radius 2 is 2.04 bits per heavy atom. The topological polar surface area (TPSA) is 48.9 Å². The number of hydrogen-bond acceptors (Lipinski definition) is 2. The van der Waals surface area contributed by atoms with Crippen molar-refractivity contribution in [1.82, 2.24) is 10.2 Å². The number of rotatable bonds is 3. The third-order valence-corrected chi connectivity index (χ3v) is 6.99. The zero-order chi connectivity index (χ0) is 17.5. The van der Waals surface area contributed by atoms with Crippen molar-refractivity contribution < 1.29 is 5.11 Å². The zero-order valence-electron chi connectivity index (χ0n) is 15.5. The van der Waals surface area contributed by atoms with Crippen LogP contribution in [0, 0.1) is 12.8 Å². The lowest BCUT2D eigenvalue weighted by atomic mass is 9.57. The SMILES string of the molecule is CC[C@@]1(O)CC[C@]2(Cc3ccccc3)c3n[nH]c(C)c3CCC[C@@H]2C1. The van der Waals surface area contributed by atoms with Gasteiger partial charge in [-0.15, -0.1) is 0 Å². The van der Waals surface area contributed by atoms with Crippen LogP contribution in [0.15, 0.2) is 30.3 Å². The van der Waals surface area contributed by atoms with E-state index in [0.29, 0.717) is 5.92 Å². The Morgan fingerprint density at radius 3 is 2.80 bits per heavy atom. The van der Waals surface area contributed by atoms with Crippen molar-refractivity contribution in [2.75, 3.05) is 0 Å². The molecule has 0 bridgehead atoms. The Morgan fingerprint density at radius 1 is 1.24 bits per heavy atom. The molecule has 0 saturated heterocycles. The van der Waals surface area contributed by atoms with Crippen molar-refractivity contribution in [2.45, 2.75) is 76.2 Å². The first-order chi connectivity index (χ1) is 12.1. The summed E-state index contributed by atoms with van der Waals surface area (Å²) in [5, 5.41) is 19.1. The molecule has 4 rings (SSSR count). The molecule has 25 heavy (non-hydrogen) atoms. The van der Waals surface area contributed by atoms with E-state index in [1.54, 1.807) is 0 Å². The van der Waals surface area contributed by atoms with Gasteiger partial charge in [0.15, 0.2) is 0 Å². The summed E-state index contributed by atoms with van der Waals surface area (Å²) in [6.45, 7) is 4.29. The Hall–Kier alpha value is -1.61. The highest BCUT2D eigenvalue weighted by molar-refractivity contribution is 5.37. The zero-order valence-corrected chi connectivity index (χ0v) is 15.5. The molecule has 2 aliphatic carbocycles. The molecule has 3 atom stereocenters. The summed E-state index contributed by atoms with van der Waals surface area (Å²) in [6, 6.07) is 10.9. The first kappa shape index (κ1) is 16.8. The molecule has 0 amide bonds. The second-order valence-corrected chi connectivity index (χ2v) is 8.37. The van der Waals surface area contributed by atoms with Crippen molar-refractivity contribution in [3.05, 3.63) is 52.8 Å². The maximum Gasteiger partial charge on any atom is 0.0724 e. The molecule has 0 spiro atoms. The van der Waals surface area contributed by atoms with Gasteiger partial charge in [-0.1, -0.05) is 37.3 Å². The smallest absolute Gasteiger partial charge is 0.0724 e. The Balaban J connectivity index is 1.81. The van der Waals surface area contributed by atoms with Crippen LogP contribution in [-0.2, 0) is 18.3 Å². The molecule has 2 aliphatic rings. The number of nitrogens with one attached hydrogen (secondary N) is 1. The molecular weight excluding hydrogens is 308 g/mol. The first-order valence-electron chi connectivity index (χ1n) is 9.87. The molecule has 0 aliphatic heterocycles. The minimum atomic E-state index is -0.485. The molecule has 1 heterocycles. The van der Waals surface area contributed by atoms with Crippen LogP contribution in [0.5, 0.6) is 0 Å². The number of nitrogens with zero attached hydrogens (tertiary/aromatic N) is 1. The molecule has 1 fully saturated rings. The van der Waals surface area contributed by atoms with Crippen LogP contribution in [0.1, 0.15) is 68.0 Å². The van der Waals surface area contributed by atoms with Crippen LogP contribution in [0.25, 0.3) is 0 Å². The van der Waals surface area contributed by atoms with Crippen molar-refractivity contribution in [3.8, 4) is 0 Å². The van der Waals surface area contributed by atoms with Gasteiger partial charge in [0.1, 0.15) is 0 Å². The second-order valence-electron chi connectivity index (χ2n) is 8.37. The van der Waals surface area contributed by atoms with Gasteiger partial charge in [0, 0.05) is 11.1 Å². The fourth-order valence-corrected chi connectivity index (χ4v) is 5.40. The van der Waals surface area contributed by atoms with Gasteiger partial charge in [0.05, 0.1) is 11.3 Å². The Kier molecular flexibility index (Phi) is 4.23. The van der Waals surface area contributed by atoms with E-state index in [1.165, 1.54) is 35.4 Å². The van der Waals surface area contributed by atoms with Gasteiger partial charge in [0.25, 0.3) is 0 Å². The lowest BCUT2D eigenvalue weighted by Crippen LogP contribution is -2.49. The predicted molar refractivity (Wildman–Crippen MR) is 101 cm³/mol. The Labute approximate surface area is 150 Å². The normalized spacial score (nSPS) is 31.9. The number of H-pyrrole nitrogens is 1. The standard InChI is InChI=1S/C22H30N2O/c1-3-21(25)12-13-22(14-17-8-5-4-6-9-17)18(15-21)10-7-11-19-16(2)23-24-20(19)22/h4-6,8-9,18,25H,3,7,10-15H2,1-2H3,(H,23,24)/t18-,21-,22-/m1/s1. The highest BCUT2D eigenvalue weighted by Crippen LogP contribution is 2.53. The molecule has 3 nitrogen and oxygen atoms in total. The summed E-state index contributed by atoms with van der Waals surface area (Å²) in [4.78, 5) is 0. The lowest BCUT2D eigenvalue weighted by molar-refractivity contribution is -0.0506. The second kappa shape index (κ2) is 6.28. The van der Waals surface area contributed by atoms with E-state index in [4.69, 9.17) is 5.10 Å². The van der Waals surface area contributed by atoms with Crippen molar-refractivity contribution in [1.29, 1.82) is 0 Å². The largest absolute Gasteiger partial charge is 0.390 e. The van der Waals surface area contributed by atoms with Gasteiger partial charge in [-0.3, -0.25) is 5.10 Å². The van der Waals surface area contributed by atoms with E-state index in [0.717, 1.165) is 38.5 Å². The van der Waals surface area contributed by atoms with Crippen LogP contribution >= 0.6 is 0 Å². The maximum atomic E-state index is 11.0. The molecule has 134 valence electrons. The molecule has 1 aromatic carbocycles. The number of benzene rings is 1. The van der Waals surface area contributed by atoms with Gasteiger partial charge < -0.3 is 5.11 Å². The first-order valence-corrected chi connectivity index (χ1v) is 9.87. The minimum absolute atomic E-state index is 0.0688. The van der Waals surface area contributed by atoms with Crippen LogP contribution in [-0.4, -0.2) is 20.9 Å². The summed E-state index contributed by atoms with van der Waals surface area (Å²) in [6.07, 6.45) is 8.26. The minimum Gasteiger partial charge on any atom is -0.390 e. The van der Waals surface area contributed by atoms with Gasteiger partial charge in [-0.25, -0.2) is 0 Å². The maximum absolute atomic E-state index is 11.0. The Bertz CT molecular complexity index is 738. The fraction of sp³-hybridized carbons (Fsp3) is 0.591. The van der Waals surface area contributed by atoms with Crippen LogP contribution < -0.4 is 0 Å². The fourth-order valence-electron chi connectivity index (χ4n) is 5.40. The van der Waals surface area contributed by atoms with E-state index >= 15 is 0 Å². The molecule has 1 saturated carbocycles. The number of aryl methyl sites for hydroxylation is 1. The van der Waals surface area contributed by atoms with E-state index in [-0.39, 0.29) is 5.41 Å². The summed E-state index contributed by atoms with van der Waals surface area (Å²) >= 11 is 0. The summed E-state index contributed by atoms with van der Waals surface area (Å²) in [5.74, 6) is 0.510.